The Hall–Kier alpha value is -1.50. The summed E-state index contributed by atoms with van der Waals surface area (Å²) in [5, 5.41) is 10.4. The van der Waals surface area contributed by atoms with E-state index in [1.807, 2.05) is 30.3 Å². The van der Waals surface area contributed by atoms with Gasteiger partial charge in [-0.3, -0.25) is 0 Å². The first-order valence-corrected chi connectivity index (χ1v) is 13.6. The second-order valence-corrected chi connectivity index (χ2v) is 12.5. The summed E-state index contributed by atoms with van der Waals surface area (Å²) in [6, 6.07) is 16.0. The molecule has 0 radical (unpaired) electrons. The molecule has 2 heterocycles. The lowest BCUT2D eigenvalue weighted by Gasteiger charge is -2.32. The highest BCUT2D eigenvalue weighted by Crippen LogP contribution is 2.37. The van der Waals surface area contributed by atoms with Crippen LogP contribution in [0.4, 0.5) is 5.69 Å². The van der Waals surface area contributed by atoms with Crippen LogP contribution in [0, 0.1) is 11.3 Å². The third-order valence-corrected chi connectivity index (χ3v) is 10.3. The lowest BCUT2D eigenvalue weighted by molar-refractivity contribution is 0.470. The summed E-state index contributed by atoms with van der Waals surface area (Å²) in [5.74, 6) is 0. The Morgan fingerprint density at radius 3 is 2.45 bits per heavy atom. The number of benzene rings is 2. The molecule has 0 bridgehead atoms. The molecule has 0 aliphatic carbocycles. The maximum atomic E-state index is 13.2. The molecule has 0 N–H and O–H groups in total. The largest absolute Gasteiger partial charge is 0.363 e. The van der Waals surface area contributed by atoms with Crippen LogP contribution in [0.2, 0.25) is 19.4 Å². The van der Waals surface area contributed by atoms with Crippen molar-refractivity contribution in [1.82, 2.24) is 4.31 Å². The Balaban J connectivity index is 1.65. The van der Waals surface area contributed by atoms with Gasteiger partial charge in [0.15, 0.2) is 0 Å². The molecule has 1 saturated heterocycles. The quantitative estimate of drug-likeness (QED) is 0.336. The maximum Gasteiger partial charge on any atom is 0.252 e. The monoisotopic (exact) mass is 559 g/mol. The molecule has 1 aromatic heterocycles. The van der Waals surface area contributed by atoms with Crippen LogP contribution in [-0.4, -0.2) is 31.9 Å². The van der Waals surface area contributed by atoms with Gasteiger partial charge in [0.25, 0.3) is 10.0 Å². The first kappa shape index (κ1) is 24.6. The Labute approximate surface area is 216 Å². The van der Waals surface area contributed by atoms with Gasteiger partial charge in [0, 0.05) is 36.4 Å². The zero-order chi connectivity index (χ0) is 23.8. The van der Waals surface area contributed by atoms with Crippen molar-refractivity contribution in [2.45, 2.75) is 23.2 Å². The van der Waals surface area contributed by atoms with Crippen LogP contribution in [0.3, 0.4) is 0 Å². The molecule has 2 aromatic carbocycles. The molecule has 3 aromatic rings. The predicted molar refractivity (Wildman–Crippen MR) is 135 cm³/mol. The third-order valence-electron chi connectivity index (χ3n) is 5.49. The zero-order valence-corrected chi connectivity index (χ0v) is 21.7. The Morgan fingerprint density at radius 2 is 1.82 bits per heavy atom. The molecular weight excluding hydrogens is 544 g/mol. The minimum absolute atomic E-state index is 0.122. The fourth-order valence-electron chi connectivity index (χ4n) is 3.78. The third kappa shape index (κ3) is 5.13. The Bertz CT molecular complexity index is 1320. The summed E-state index contributed by atoms with van der Waals surface area (Å²) in [5.41, 5.74) is 2.06. The second-order valence-electron chi connectivity index (χ2n) is 7.49. The molecule has 0 amide bonds. The van der Waals surface area contributed by atoms with Crippen molar-refractivity contribution in [3.63, 3.8) is 0 Å². The molecular formula is C22H17Cl4N3O2S2. The van der Waals surface area contributed by atoms with E-state index in [9.17, 15) is 13.7 Å². The van der Waals surface area contributed by atoms with Crippen LogP contribution in [0.15, 0.2) is 52.7 Å². The predicted octanol–water partition coefficient (Wildman–Crippen LogP) is 6.70. The van der Waals surface area contributed by atoms with Crippen molar-refractivity contribution in [3.8, 4) is 6.07 Å². The molecule has 0 spiro atoms. The van der Waals surface area contributed by atoms with Gasteiger partial charge in [0.1, 0.15) is 14.6 Å². The van der Waals surface area contributed by atoms with E-state index in [1.54, 1.807) is 12.1 Å². The average molecular weight is 561 g/mol. The fraction of sp³-hybridized carbons (Fsp3) is 0.227. The Kier molecular flexibility index (Phi) is 7.47. The molecule has 1 atom stereocenters. The van der Waals surface area contributed by atoms with Crippen LogP contribution in [-0.2, 0) is 16.6 Å². The van der Waals surface area contributed by atoms with E-state index < -0.39 is 10.0 Å². The number of thiophene rings is 1. The van der Waals surface area contributed by atoms with E-state index in [1.165, 1.54) is 10.4 Å². The first-order valence-electron chi connectivity index (χ1n) is 9.85. The highest BCUT2D eigenvalue weighted by atomic mass is 35.5. The molecule has 1 aliphatic rings. The standard InChI is InChI=1S/C22H17Cl4N3O2S2/c23-18-4-2-1-3-15(18)12-29(16-6-5-14(11-27)19(24)9-16)17-7-8-28(13-17)33(30,31)21-10-20(25)22(26)32-21/h1-6,9-10,17H,7-8,12-13H2/t17-/m0/s1. The van der Waals surface area contributed by atoms with Crippen molar-refractivity contribution in [3.05, 3.63) is 79.1 Å². The molecule has 11 heteroatoms. The molecule has 4 rings (SSSR count). The lowest BCUT2D eigenvalue weighted by Crippen LogP contribution is -2.38. The number of nitrogens with zero attached hydrogens (tertiary/aromatic N) is 3. The van der Waals surface area contributed by atoms with Crippen LogP contribution >= 0.6 is 57.7 Å². The number of hydrogen-bond acceptors (Lipinski definition) is 5. The van der Waals surface area contributed by atoms with Gasteiger partial charge in [0.05, 0.1) is 15.6 Å². The van der Waals surface area contributed by atoms with Gasteiger partial charge in [-0.2, -0.15) is 9.57 Å². The van der Waals surface area contributed by atoms with E-state index in [0.29, 0.717) is 35.1 Å². The summed E-state index contributed by atoms with van der Waals surface area (Å²) in [4.78, 5) is 2.08. The van der Waals surface area contributed by atoms with Gasteiger partial charge in [-0.25, -0.2) is 8.42 Å². The summed E-state index contributed by atoms with van der Waals surface area (Å²) in [7, 11) is -3.73. The number of hydrogen-bond donors (Lipinski definition) is 0. The highest BCUT2D eigenvalue weighted by molar-refractivity contribution is 7.91. The second kappa shape index (κ2) is 10.0. The number of anilines is 1. The van der Waals surface area contributed by atoms with Crippen LogP contribution in [0.1, 0.15) is 17.5 Å². The van der Waals surface area contributed by atoms with Gasteiger partial charge in [-0.05, 0) is 42.3 Å². The van der Waals surface area contributed by atoms with Crippen molar-refractivity contribution in [2.24, 2.45) is 0 Å². The van der Waals surface area contributed by atoms with Crippen LogP contribution < -0.4 is 4.90 Å². The summed E-state index contributed by atoms with van der Waals surface area (Å²) in [6.07, 6.45) is 0.605. The van der Waals surface area contributed by atoms with Crippen molar-refractivity contribution < 1.29 is 8.42 Å². The topological polar surface area (TPSA) is 64.4 Å². The van der Waals surface area contributed by atoms with E-state index in [0.717, 1.165) is 22.6 Å². The van der Waals surface area contributed by atoms with Gasteiger partial charge >= 0.3 is 0 Å². The normalized spacial score (nSPS) is 16.6. The van der Waals surface area contributed by atoms with E-state index in [4.69, 9.17) is 46.4 Å². The average Bonchev–Trinajstić information content (AvgIpc) is 3.41. The molecule has 0 saturated carbocycles. The molecule has 0 unspecified atom stereocenters. The van der Waals surface area contributed by atoms with E-state index in [2.05, 4.69) is 11.0 Å². The van der Waals surface area contributed by atoms with Gasteiger partial charge < -0.3 is 4.90 Å². The minimum atomic E-state index is -3.73. The fourth-order valence-corrected chi connectivity index (χ4v) is 7.72. The van der Waals surface area contributed by atoms with Crippen molar-refractivity contribution in [2.75, 3.05) is 18.0 Å². The summed E-state index contributed by atoms with van der Waals surface area (Å²) >= 11 is 25.7. The molecule has 1 aliphatic heterocycles. The maximum absolute atomic E-state index is 13.2. The number of nitriles is 1. The molecule has 5 nitrogen and oxygen atoms in total. The van der Waals surface area contributed by atoms with Gasteiger partial charge in [0.2, 0.25) is 0 Å². The SMILES string of the molecule is N#Cc1ccc(N(Cc2ccccc2Cl)[C@H]2CCN(S(=O)(=O)c3cc(Cl)c(Cl)s3)C2)cc1Cl. The van der Waals surface area contributed by atoms with Crippen LogP contribution in [0.25, 0.3) is 0 Å². The number of sulfonamides is 1. The number of halogens is 4. The van der Waals surface area contributed by atoms with Crippen molar-refractivity contribution in [1.29, 1.82) is 5.26 Å². The zero-order valence-electron chi connectivity index (χ0n) is 17.0. The van der Waals surface area contributed by atoms with Gasteiger partial charge in [-0.1, -0.05) is 64.6 Å². The molecule has 172 valence electrons. The van der Waals surface area contributed by atoms with Crippen molar-refractivity contribution >= 4 is 73.5 Å². The molecule has 33 heavy (non-hydrogen) atoms. The first-order chi connectivity index (χ1) is 15.7. The lowest BCUT2D eigenvalue weighted by atomic mass is 10.1. The van der Waals surface area contributed by atoms with Crippen LogP contribution in [0.5, 0.6) is 0 Å². The highest BCUT2D eigenvalue weighted by Gasteiger charge is 2.37. The van der Waals surface area contributed by atoms with Gasteiger partial charge in [-0.15, -0.1) is 11.3 Å². The van der Waals surface area contributed by atoms with E-state index in [-0.39, 0.29) is 26.2 Å². The smallest absolute Gasteiger partial charge is 0.252 e. The minimum Gasteiger partial charge on any atom is -0.363 e. The summed E-state index contributed by atoms with van der Waals surface area (Å²) < 4.78 is 28.2. The molecule has 1 fully saturated rings. The van der Waals surface area contributed by atoms with E-state index >= 15 is 0 Å². The Morgan fingerprint density at radius 1 is 1.06 bits per heavy atom. The number of rotatable bonds is 6. The summed E-state index contributed by atoms with van der Waals surface area (Å²) in [6.45, 7) is 1.08.